The van der Waals surface area contributed by atoms with E-state index in [0.717, 1.165) is 22.2 Å². The molecule has 0 saturated carbocycles. The lowest BCUT2D eigenvalue weighted by Crippen LogP contribution is -2.14. The monoisotopic (exact) mass is 337 g/mol. The normalized spacial score (nSPS) is 10.7. The molecule has 0 atom stereocenters. The van der Waals surface area contributed by atoms with Crippen molar-refractivity contribution in [2.24, 2.45) is 0 Å². The molecular weight excluding hydrogens is 318 g/mol. The Labute approximate surface area is 145 Å². The maximum atomic E-state index is 12.2. The van der Waals surface area contributed by atoms with Crippen LogP contribution in [0.3, 0.4) is 0 Å². The maximum Gasteiger partial charge on any atom is 0.338 e. The van der Waals surface area contributed by atoms with Crippen LogP contribution in [-0.2, 0) is 4.74 Å². The first kappa shape index (κ1) is 16.8. The molecule has 2 aromatic carbocycles. The topological polar surface area (TPSA) is 68.4 Å². The molecule has 0 fully saturated rings. The molecule has 0 radical (unpaired) electrons. The van der Waals surface area contributed by atoms with Gasteiger partial charge in [-0.2, -0.15) is 0 Å². The molecule has 1 N–H and O–H groups in total. The van der Waals surface area contributed by atoms with Gasteiger partial charge in [-0.05, 0) is 61.9 Å². The summed E-state index contributed by atoms with van der Waals surface area (Å²) in [6.07, 6.45) is 0. The molecule has 128 valence electrons. The van der Waals surface area contributed by atoms with Gasteiger partial charge in [0.25, 0.3) is 0 Å². The molecule has 0 aliphatic rings. The molecule has 1 aromatic heterocycles. The summed E-state index contributed by atoms with van der Waals surface area (Å²) in [5.74, 6) is -0.105. The Hall–Kier alpha value is -3.08. The fraction of sp³-hybridized carbons (Fsp3) is 0.200. The molecule has 0 aliphatic carbocycles. The van der Waals surface area contributed by atoms with Crippen molar-refractivity contribution in [3.8, 4) is 5.75 Å². The summed E-state index contributed by atoms with van der Waals surface area (Å²) in [5.41, 5.74) is 4.04. The van der Waals surface area contributed by atoms with Crippen molar-refractivity contribution in [3.05, 3.63) is 64.8 Å². The second kappa shape index (κ2) is 6.81. The number of H-pyrrole nitrogens is 1. The van der Waals surface area contributed by atoms with Crippen molar-refractivity contribution < 1.29 is 19.1 Å². The predicted molar refractivity (Wildman–Crippen MR) is 95.4 cm³/mol. The van der Waals surface area contributed by atoms with Crippen LogP contribution in [0.2, 0.25) is 0 Å². The minimum absolute atomic E-state index is 0.259. The number of hydrogen-bond acceptors (Lipinski definition) is 4. The number of fused-ring (bicyclic) bond motifs is 1. The van der Waals surface area contributed by atoms with E-state index in [9.17, 15) is 9.59 Å². The maximum absolute atomic E-state index is 12.2. The van der Waals surface area contributed by atoms with Crippen molar-refractivity contribution in [2.45, 2.75) is 13.8 Å². The number of rotatable bonds is 5. The number of aryl methyl sites for hydroxylation is 2. The van der Waals surface area contributed by atoms with Crippen LogP contribution in [0.25, 0.3) is 10.9 Å². The Morgan fingerprint density at radius 1 is 1.00 bits per heavy atom. The zero-order chi connectivity index (χ0) is 18.0. The smallest absolute Gasteiger partial charge is 0.338 e. The highest BCUT2D eigenvalue weighted by molar-refractivity contribution is 6.00. The number of aromatic amines is 1. The Morgan fingerprint density at radius 2 is 1.68 bits per heavy atom. The van der Waals surface area contributed by atoms with Crippen molar-refractivity contribution in [2.75, 3.05) is 13.7 Å². The third-order valence-corrected chi connectivity index (χ3v) is 4.29. The van der Waals surface area contributed by atoms with E-state index in [-0.39, 0.29) is 12.4 Å². The summed E-state index contributed by atoms with van der Waals surface area (Å²) in [5, 5.41) is 0.980. The number of carbonyl (C=O) groups is 2. The number of nitrogens with one attached hydrogen (secondary N) is 1. The standard InChI is InChI=1S/C20H19NO4/c1-12-13(2)21-18-9-6-15(10-17(12)18)20(23)25-11-19(22)14-4-7-16(24-3)8-5-14/h4-10,21H,11H2,1-3H3. The molecule has 3 rings (SSSR count). The summed E-state index contributed by atoms with van der Waals surface area (Å²) < 4.78 is 10.2. The van der Waals surface area contributed by atoms with E-state index in [1.165, 1.54) is 0 Å². The van der Waals surface area contributed by atoms with E-state index in [4.69, 9.17) is 9.47 Å². The van der Waals surface area contributed by atoms with Crippen LogP contribution < -0.4 is 4.74 Å². The van der Waals surface area contributed by atoms with Gasteiger partial charge in [0.2, 0.25) is 0 Å². The Kier molecular flexibility index (Phi) is 4.57. The first-order valence-electron chi connectivity index (χ1n) is 7.93. The lowest BCUT2D eigenvalue weighted by Gasteiger charge is -2.06. The van der Waals surface area contributed by atoms with Crippen molar-refractivity contribution in [1.29, 1.82) is 0 Å². The third-order valence-electron chi connectivity index (χ3n) is 4.29. The number of hydrogen-bond donors (Lipinski definition) is 1. The quantitative estimate of drug-likeness (QED) is 0.567. The molecule has 25 heavy (non-hydrogen) atoms. The van der Waals surface area contributed by atoms with Gasteiger partial charge in [0, 0.05) is 22.2 Å². The fourth-order valence-corrected chi connectivity index (χ4v) is 2.66. The van der Waals surface area contributed by atoms with Gasteiger partial charge < -0.3 is 14.5 Å². The van der Waals surface area contributed by atoms with Gasteiger partial charge in [-0.25, -0.2) is 4.79 Å². The summed E-state index contributed by atoms with van der Waals surface area (Å²) in [4.78, 5) is 27.6. The van der Waals surface area contributed by atoms with E-state index in [1.807, 2.05) is 19.9 Å². The predicted octanol–water partition coefficient (Wildman–Crippen LogP) is 3.83. The first-order valence-corrected chi connectivity index (χ1v) is 7.93. The second-order valence-electron chi connectivity index (χ2n) is 5.86. The van der Waals surface area contributed by atoms with Crippen LogP contribution >= 0.6 is 0 Å². The van der Waals surface area contributed by atoms with Crippen LogP contribution in [-0.4, -0.2) is 30.5 Å². The summed E-state index contributed by atoms with van der Waals surface area (Å²) >= 11 is 0. The highest BCUT2D eigenvalue weighted by Gasteiger charge is 2.14. The number of ether oxygens (including phenoxy) is 2. The lowest BCUT2D eigenvalue weighted by atomic mass is 10.1. The minimum Gasteiger partial charge on any atom is -0.497 e. The molecule has 3 aromatic rings. The molecule has 1 heterocycles. The minimum atomic E-state index is -0.512. The second-order valence-corrected chi connectivity index (χ2v) is 5.86. The number of carbonyl (C=O) groups excluding carboxylic acids is 2. The number of esters is 1. The summed E-state index contributed by atoms with van der Waals surface area (Å²) in [6, 6.07) is 12.0. The van der Waals surface area contributed by atoms with Gasteiger partial charge in [-0.1, -0.05) is 0 Å². The number of aromatic nitrogens is 1. The highest BCUT2D eigenvalue weighted by Crippen LogP contribution is 2.22. The van der Waals surface area contributed by atoms with Crippen LogP contribution in [0.15, 0.2) is 42.5 Å². The van der Waals surface area contributed by atoms with E-state index in [0.29, 0.717) is 16.9 Å². The lowest BCUT2D eigenvalue weighted by molar-refractivity contribution is 0.0475. The van der Waals surface area contributed by atoms with Gasteiger partial charge >= 0.3 is 5.97 Å². The number of benzene rings is 2. The molecule has 0 spiro atoms. The van der Waals surface area contributed by atoms with E-state index in [2.05, 4.69) is 4.98 Å². The SMILES string of the molecule is COc1ccc(C(=O)COC(=O)c2ccc3[nH]c(C)c(C)c3c2)cc1. The fourth-order valence-electron chi connectivity index (χ4n) is 2.66. The average molecular weight is 337 g/mol. The van der Waals surface area contributed by atoms with Gasteiger partial charge in [0.1, 0.15) is 5.75 Å². The highest BCUT2D eigenvalue weighted by atomic mass is 16.5. The van der Waals surface area contributed by atoms with Crippen molar-refractivity contribution >= 4 is 22.7 Å². The Morgan fingerprint density at radius 3 is 2.36 bits per heavy atom. The molecule has 5 nitrogen and oxygen atoms in total. The van der Waals surface area contributed by atoms with Gasteiger partial charge in [0.05, 0.1) is 12.7 Å². The van der Waals surface area contributed by atoms with Crippen LogP contribution in [0, 0.1) is 13.8 Å². The van der Waals surface area contributed by atoms with E-state index < -0.39 is 5.97 Å². The van der Waals surface area contributed by atoms with Crippen LogP contribution in [0.4, 0.5) is 0 Å². The zero-order valence-corrected chi connectivity index (χ0v) is 14.4. The molecule has 0 bridgehead atoms. The molecule has 0 aliphatic heterocycles. The van der Waals surface area contributed by atoms with Crippen LogP contribution in [0.1, 0.15) is 32.0 Å². The van der Waals surface area contributed by atoms with Crippen molar-refractivity contribution in [3.63, 3.8) is 0 Å². The van der Waals surface area contributed by atoms with Gasteiger partial charge in [0.15, 0.2) is 12.4 Å². The average Bonchev–Trinajstić information content (AvgIpc) is 2.93. The van der Waals surface area contributed by atoms with E-state index >= 15 is 0 Å². The van der Waals surface area contributed by atoms with Crippen LogP contribution in [0.5, 0.6) is 5.75 Å². The Balaban J connectivity index is 1.69. The molecule has 0 unspecified atom stereocenters. The molecular formula is C20H19NO4. The third kappa shape index (κ3) is 3.40. The first-order chi connectivity index (χ1) is 12.0. The van der Waals surface area contributed by atoms with E-state index in [1.54, 1.807) is 43.5 Å². The van der Waals surface area contributed by atoms with Gasteiger partial charge in [-0.3, -0.25) is 4.79 Å². The molecule has 5 heteroatoms. The number of methoxy groups -OCH3 is 1. The zero-order valence-electron chi connectivity index (χ0n) is 14.4. The molecule has 0 saturated heterocycles. The molecule has 0 amide bonds. The Bertz CT molecular complexity index is 938. The summed E-state index contributed by atoms with van der Waals surface area (Å²) in [6.45, 7) is 3.69. The number of ketones is 1. The largest absolute Gasteiger partial charge is 0.497 e. The van der Waals surface area contributed by atoms with Crippen molar-refractivity contribution in [1.82, 2.24) is 4.98 Å². The number of Topliss-reactive ketones (excluding diaryl/α,β-unsaturated/α-hetero) is 1. The summed E-state index contributed by atoms with van der Waals surface area (Å²) in [7, 11) is 1.56. The van der Waals surface area contributed by atoms with Gasteiger partial charge in [-0.15, -0.1) is 0 Å².